The van der Waals surface area contributed by atoms with Crippen LogP contribution in [0.15, 0.2) is 41.3 Å². The molecule has 0 unspecified atom stereocenters. The van der Waals surface area contributed by atoms with E-state index in [0.717, 1.165) is 24.3 Å². The van der Waals surface area contributed by atoms with E-state index in [1.807, 2.05) is 4.72 Å². The molecule has 9 heteroatoms. The first-order valence-electron chi connectivity index (χ1n) is 5.72. The standard InChI is InChI=1S/C13H8F3NO4S/c14-8-5-4-7(6-10(8)16)22(20,21)17-11-3-1-2-9(15)12(11)13(18)19/h1-6,17H,(H,18,19). The number of anilines is 1. The Labute approximate surface area is 123 Å². The molecule has 0 saturated carbocycles. The van der Waals surface area contributed by atoms with Gasteiger partial charge in [0.2, 0.25) is 0 Å². The number of carboxylic acid groups (broad SMARTS) is 1. The van der Waals surface area contributed by atoms with Gasteiger partial charge in [-0.3, -0.25) is 4.72 Å². The summed E-state index contributed by atoms with van der Waals surface area (Å²) in [5.74, 6) is -5.45. The summed E-state index contributed by atoms with van der Waals surface area (Å²) in [6.45, 7) is 0. The zero-order valence-corrected chi connectivity index (χ0v) is 11.5. The molecule has 0 aliphatic rings. The molecule has 5 nitrogen and oxygen atoms in total. The van der Waals surface area contributed by atoms with Crippen molar-refractivity contribution in [2.24, 2.45) is 0 Å². The summed E-state index contributed by atoms with van der Waals surface area (Å²) in [5.41, 5.74) is -1.41. The molecule has 22 heavy (non-hydrogen) atoms. The van der Waals surface area contributed by atoms with Crippen LogP contribution in [0.25, 0.3) is 0 Å². The molecule has 0 bridgehead atoms. The highest BCUT2D eigenvalue weighted by molar-refractivity contribution is 7.92. The minimum Gasteiger partial charge on any atom is -0.478 e. The Morgan fingerprint density at radius 3 is 2.27 bits per heavy atom. The number of carbonyl (C=O) groups is 1. The molecule has 0 saturated heterocycles. The van der Waals surface area contributed by atoms with E-state index in [0.29, 0.717) is 12.1 Å². The Bertz CT molecular complexity index is 852. The monoisotopic (exact) mass is 331 g/mol. The van der Waals surface area contributed by atoms with Gasteiger partial charge in [0.25, 0.3) is 10.0 Å². The highest BCUT2D eigenvalue weighted by Crippen LogP contribution is 2.23. The predicted octanol–water partition coefficient (Wildman–Crippen LogP) is 2.60. The van der Waals surface area contributed by atoms with Gasteiger partial charge in [-0.05, 0) is 30.3 Å². The average Bonchev–Trinajstić information content (AvgIpc) is 2.40. The fourth-order valence-electron chi connectivity index (χ4n) is 1.67. The molecule has 2 N–H and O–H groups in total. The van der Waals surface area contributed by atoms with E-state index in [1.165, 1.54) is 0 Å². The third kappa shape index (κ3) is 3.03. The van der Waals surface area contributed by atoms with Gasteiger partial charge in [0.05, 0.1) is 10.6 Å². The van der Waals surface area contributed by atoms with Gasteiger partial charge in [-0.15, -0.1) is 0 Å². The van der Waals surface area contributed by atoms with Gasteiger partial charge in [0.1, 0.15) is 11.4 Å². The Balaban J connectivity index is 2.48. The van der Waals surface area contributed by atoms with Crippen molar-refractivity contribution >= 4 is 21.7 Å². The molecular weight excluding hydrogens is 323 g/mol. The highest BCUT2D eigenvalue weighted by Gasteiger charge is 2.22. The Morgan fingerprint density at radius 1 is 1.00 bits per heavy atom. The molecule has 0 atom stereocenters. The average molecular weight is 331 g/mol. The van der Waals surface area contributed by atoms with Crippen LogP contribution in [0, 0.1) is 17.5 Å². The second kappa shape index (κ2) is 5.68. The fraction of sp³-hybridized carbons (Fsp3) is 0. The number of carboxylic acids is 1. The molecular formula is C13H8F3NO4S. The van der Waals surface area contributed by atoms with Crippen LogP contribution in [-0.2, 0) is 10.0 Å². The Kier molecular flexibility index (Phi) is 4.09. The first-order valence-corrected chi connectivity index (χ1v) is 7.20. The summed E-state index contributed by atoms with van der Waals surface area (Å²) in [6, 6.07) is 4.80. The van der Waals surface area contributed by atoms with Crippen molar-refractivity contribution in [3.63, 3.8) is 0 Å². The van der Waals surface area contributed by atoms with Crippen LogP contribution in [0.1, 0.15) is 10.4 Å². The number of nitrogens with one attached hydrogen (secondary N) is 1. The van der Waals surface area contributed by atoms with E-state index in [-0.39, 0.29) is 0 Å². The van der Waals surface area contributed by atoms with Gasteiger partial charge >= 0.3 is 5.97 Å². The number of hydrogen-bond donors (Lipinski definition) is 2. The van der Waals surface area contributed by atoms with Gasteiger partial charge in [-0.2, -0.15) is 0 Å². The van der Waals surface area contributed by atoms with Gasteiger partial charge < -0.3 is 5.11 Å². The van der Waals surface area contributed by atoms with Crippen molar-refractivity contribution in [1.82, 2.24) is 0 Å². The smallest absolute Gasteiger partial charge is 0.340 e. The maximum atomic E-state index is 13.5. The van der Waals surface area contributed by atoms with Gasteiger partial charge in [-0.25, -0.2) is 26.4 Å². The van der Waals surface area contributed by atoms with Crippen LogP contribution >= 0.6 is 0 Å². The van der Waals surface area contributed by atoms with Crippen LogP contribution in [0.5, 0.6) is 0 Å². The predicted molar refractivity (Wildman–Crippen MR) is 70.5 cm³/mol. The first-order chi connectivity index (χ1) is 10.2. The highest BCUT2D eigenvalue weighted by atomic mass is 32.2. The summed E-state index contributed by atoms with van der Waals surface area (Å²) in [4.78, 5) is 10.3. The van der Waals surface area contributed by atoms with Crippen molar-refractivity contribution in [3.05, 3.63) is 59.4 Å². The van der Waals surface area contributed by atoms with Crippen LogP contribution < -0.4 is 4.72 Å². The molecule has 2 aromatic carbocycles. The molecule has 0 heterocycles. The topological polar surface area (TPSA) is 83.5 Å². The van der Waals surface area contributed by atoms with E-state index in [2.05, 4.69) is 0 Å². The minimum absolute atomic E-state index is 0.428. The molecule has 2 aromatic rings. The van der Waals surface area contributed by atoms with E-state index in [4.69, 9.17) is 5.11 Å². The van der Waals surface area contributed by atoms with Gasteiger partial charge in [0.15, 0.2) is 11.6 Å². The quantitative estimate of drug-likeness (QED) is 0.902. The van der Waals surface area contributed by atoms with Crippen molar-refractivity contribution in [2.45, 2.75) is 4.90 Å². The molecule has 0 amide bonds. The molecule has 0 radical (unpaired) electrons. The van der Waals surface area contributed by atoms with E-state index in [9.17, 15) is 26.4 Å². The fourth-order valence-corrected chi connectivity index (χ4v) is 2.76. The molecule has 116 valence electrons. The van der Waals surface area contributed by atoms with Crippen LogP contribution in [0.2, 0.25) is 0 Å². The largest absolute Gasteiger partial charge is 0.478 e. The lowest BCUT2D eigenvalue weighted by atomic mass is 10.2. The summed E-state index contributed by atoms with van der Waals surface area (Å²) in [6.07, 6.45) is 0. The Hall–Kier alpha value is -2.55. The zero-order valence-electron chi connectivity index (χ0n) is 10.7. The van der Waals surface area contributed by atoms with Crippen molar-refractivity contribution in [1.29, 1.82) is 0 Å². The number of hydrogen-bond acceptors (Lipinski definition) is 3. The molecule has 0 aromatic heterocycles. The van der Waals surface area contributed by atoms with E-state index in [1.54, 1.807) is 0 Å². The molecule has 2 rings (SSSR count). The molecule has 0 aliphatic carbocycles. The van der Waals surface area contributed by atoms with Crippen molar-refractivity contribution in [2.75, 3.05) is 4.72 Å². The van der Waals surface area contributed by atoms with E-state index < -0.39 is 49.6 Å². The van der Waals surface area contributed by atoms with Crippen LogP contribution in [0.4, 0.5) is 18.9 Å². The lowest BCUT2D eigenvalue weighted by molar-refractivity contribution is 0.0693. The summed E-state index contributed by atoms with van der Waals surface area (Å²) in [5, 5.41) is 8.91. The Morgan fingerprint density at radius 2 is 1.68 bits per heavy atom. The SMILES string of the molecule is O=C(O)c1c(F)cccc1NS(=O)(=O)c1ccc(F)c(F)c1. The normalized spacial score (nSPS) is 11.2. The second-order valence-electron chi connectivity index (χ2n) is 4.15. The summed E-state index contributed by atoms with van der Waals surface area (Å²) in [7, 11) is -4.41. The number of aromatic carboxylic acids is 1. The molecule has 0 fully saturated rings. The first kappa shape index (κ1) is 15.8. The lowest BCUT2D eigenvalue weighted by Crippen LogP contribution is -2.16. The maximum absolute atomic E-state index is 13.5. The third-order valence-electron chi connectivity index (χ3n) is 2.67. The molecule has 0 spiro atoms. The van der Waals surface area contributed by atoms with Crippen molar-refractivity contribution in [3.8, 4) is 0 Å². The summed E-state index contributed by atoms with van der Waals surface area (Å²) < 4.78 is 65.3. The number of rotatable bonds is 4. The maximum Gasteiger partial charge on any atom is 0.340 e. The molecule has 0 aliphatic heterocycles. The second-order valence-corrected chi connectivity index (χ2v) is 5.83. The lowest BCUT2D eigenvalue weighted by Gasteiger charge is -2.11. The van der Waals surface area contributed by atoms with E-state index >= 15 is 0 Å². The van der Waals surface area contributed by atoms with Crippen molar-refractivity contribution < 1.29 is 31.5 Å². The summed E-state index contributed by atoms with van der Waals surface area (Å²) >= 11 is 0. The van der Waals surface area contributed by atoms with Crippen LogP contribution in [-0.4, -0.2) is 19.5 Å². The van der Waals surface area contributed by atoms with Gasteiger partial charge in [-0.1, -0.05) is 6.07 Å². The van der Waals surface area contributed by atoms with Gasteiger partial charge in [0, 0.05) is 0 Å². The zero-order chi connectivity index (χ0) is 16.5. The van der Waals surface area contributed by atoms with Crippen LogP contribution in [0.3, 0.4) is 0 Å². The number of benzene rings is 2. The third-order valence-corrected chi connectivity index (χ3v) is 4.04. The number of halogens is 3. The number of sulfonamides is 1. The minimum atomic E-state index is -4.41.